The Morgan fingerprint density at radius 3 is 2.73 bits per heavy atom. The number of hydrogen-bond donors (Lipinski definition) is 1. The second kappa shape index (κ2) is 9.03. The van der Waals surface area contributed by atoms with E-state index in [0.717, 1.165) is 52.9 Å². The Labute approximate surface area is 204 Å². The minimum absolute atomic E-state index is 0.0769. The molecule has 2 aromatic rings. The molecule has 2 heterocycles. The number of rotatable bonds is 6. The van der Waals surface area contributed by atoms with Crippen LogP contribution >= 0.6 is 23.1 Å². The predicted molar refractivity (Wildman–Crippen MR) is 135 cm³/mol. The highest BCUT2D eigenvalue weighted by Crippen LogP contribution is 2.49. The van der Waals surface area contributed by atoms with Crippen LogP contribution in [0.3, 0.4) is 0 Å². The molecule has 0 saturated heterocycles. The van der Waals surface area contributed by atoms with Crippen molar-refractivity contribution in [3.05, 3.63) is 20.8 Å². The number of thioether (sulfide) groups is 1. The van der Waals surface area contributed by atoms with E-state index in [-0.39, 0.29) is 23.6 Å². The van der Waals surface area contributed by atoms with Crippen LogP contribution < -0.4 is 10.9 Å². The maximum atomic E-state index is 13.8. The van der Waals surface area contributed by atoms with Crippen molar-refractivity contribution in [3.8, 4) is 0 Å². The molecule has 2 aromatic heterocycles. The van der Waals surface area contributed by atoms with Crippen molar-refractivity contribution in [1.29, 1.82) is 0 Å². The van der Waals surface area contributed by atoms with E-state index in [2.05, 4.69) is 12.2 Å². The van der Waals surface area contributed by atoms with Gasteiger partial charge in [-0.15, -0.1) is 11.3 Å². The first kappa shape index (κ1) is 22.1. The lowest BCUT2D eigenvalue weighted by Gasteiger charge is -2.28. The smallest absolute Gasteiger partial charge is 0.263 e. The van der Waals surface area contributed by atoms with Crippen molar-refractivity contribution in [2.45, 2.75) is 101 Å². The number of aromatic nitrogens is 2. The van der Waals surface area contributed by atoms with Crippen LogP contribution in [-0.4, -0.2) is 27.3 Å². The predicted octanol–water partition coefficient (Wildman–Crippen LogP) is 5.48. The lowest BCUT2D eigenvalue weighted by molar-refractivity contribution is -0.119. The lowest BCUT2D eigenvalue weighted by Crippen LogP contribution is -2.41. The summed E-state index contributed by atoms with van der Waals surface area (Å²) in [6, 6.07) is 0.469. The van der Waals surface area contributed by atoms with Crippen LogP contribution in [0.15, 0.2) is 9.95 Å². The number of carbonyl (C=O) groups excluding carboxylic acids is 1. The summed E-state index contributed by atoms with van der Waals surface area (Å²) in [5, 5.41) is 4.91. The quantitative estimate of drug-likeness (QED) is 0.434. The Hall–Kier alpha value is -1.34. The van der Waals surface area contributed by atoms with Crippen LogP contribution in [0, 0.1) is 17.8 Å². The molecular weight excluding hydrogens is 450 g/mol. The summed E-state index contributed by atoms with van der Waals surface area (Å²) in [7, 11) is 0. The van der Waals surface area contributed by atoms with Crippen molar-refractivity contribution >= 4 is 39.2 Å². The van der Waals surface area contributed by atoms with Crippen LogP contribution in [-0.2, 0) is 17.6 Å². The van der Waals surface area contributed by atoms with Gasteiger partial charge in [0.05, 0.1) is 11.1 Å². The Bertz CT molecular complexity index is 1120. The van der Waals surface area contributed by atoms with Crippen molar-refractivity contribution in [3.63, 3.8) is 0 Å². The number of carbonyl (C=O) groups is 1. The Morgan fingerprint density at radius 1 is 1.15 bits per heavy atom. The first-order chi connectivity index (χ1) is 16.1. The van der Waals surface area contributed by atoms with Crippen LogP contribution in [0.4, 0.5) is 0 Å². The molecule has 4 atom stereocenters. The van der Waals surface area contributed by atoms with E-state index in [1.807, 2.05) is 4.57 Å². The topological polar surface area (TPSA) is 64.0 Å². The number of aryl methyl sites for hydroxylation is 2. The summed E-state index contributed by atoms with van der Waals surface area (Å²) in [6.45, 7) is 2.18. The summed E-state index contributed by atoms with van der Waals surface area (Å²) >= 11 is 3.17. The van der Waals surface area contributed by atoms with Gasteiger partial charge in [-0.05, 0) is 88.0 Å². The van der Waals surface area contributed by atoms with E-state index in [4.69, 9.17) is 4.98 Å². The molecule has 0 aromatic carbocycles. The summed E-state index contributed by atoms with van der Waals surface area (Å²) in [6.07, 6.45) is 14.2. The maximum absolute atomic E-state index is 13.8. The van der Waals surface area contributed by atoms with E-state index in [9.17, 15) is 9.59 Å². The van der Waals surface area contributed by atoms with Crippen LogP contribution in [0.25, 0.3) is 10.2 Å². The molecule has 0 radical (unpaired) electrons. The molecule has 0 unspecified atom stereocenters. The van der Waals surface area contributed by atoms with Gasteiger partial charge in [-0.3, -0.25) is 14.2 Å². The van der Waals surface area contributed by atoms with Gasteiger partial charge < -0.3 is 5.32 Å². The fraction of sp³-hybridized carbons (Fsp3) is 0.731. The van der Waals surface area contributed by atoms with Gasteiger partial charge in [0.2, 0.25) is 5.91 Å². The molecule has 0 aliphatic heterocycles. The fourth-order valence-electron chi connectivity index (χ4n) is 7.22. The summed E-state index contributed by atoms with van der Waals surface area (Å²) in [5.41, 5.74) is 1.41. The van der Waals surface area contributed by atoms with Gasteiger partial charge in [-0.2, -0.15) is 0 Å². The van der Waals surface area contributed by atoms with Gasteiger partial charge in [0.1, 0.15) is 4.83 Å². The third kappa shape index (κ3) is 4.07. The van der Waals surface area contributed by atoms with Gasteiger partial charge in [-0.25, -0.2) is 4.98 Å². The molecule has 5 nitrogen and oxygen atoms in total. The molecule has 0 spiro atoms. The largest absolute Gasteiger partial charge is 0.353 e. The minimum Gasteiger partial charge on any atom is -0.353 e. The number of thiophene rings is 1. The van der Waals surface area contributed by atoms with Gasteiger partial charge in [-0.1, -0.05) is 31.0 Å². The lowest BCUT2D eigenvalue weighted by atomic mass is 9.84. The number of hydrogen-bond acceptors (Lipinski definition) is 5. The summed E-state index contributed by atoms with van der Waals surface area (Å²) < 4.78 is 1.97. The number of nitrogens with one attached hydrogen (secondary N) is 1. The number of amides is 1. The SMILES string of the molecule is C[C@@H](NC(=O)CSc1nc2sc3c(c2c(=O)n1C1CCCC1)CCCC3)[C@H]1C[C@@H]2CC[C@@H]1C2. The molecule has 2 bridgehead atoms. The molecule has 1 amide bonds. The van der Waals surface area contributed by atoms with Gasteiger partial charge >= 0.3 is 0 Å². The van der Waals surface area contributed by atoms with E-state index < -0.39 is 0 Å². The Kier molecular flexibility index (Phi) is 6.06. The van der Waals surface area contributed by atoms with Crippen molar-refractivity contribution in [2.75, 3.05) is 5.75 Å². The minimum atomic E-state index is 0.0769. The molecule has 33 heavy (non-hydrogen) atoms. The van der Waals surface area contributed by atoms with E-state index in [0.29, 0.717) is 11.7 Å². The molecule has 7 heteroatoms. The normalized spacial score (nSPS) is 27.8. The molecule has 3 saturated carbocycles. The molecule has 1 N–H and O–H groups in total. The average molecular weight is 486 g/mol. The second-order valence-corrected chi connectivity index (χ2v) is 12.9. The molecule has 4 aliphatic carbocycles. The summed E-state index contributed by atoms with van der Waals surface area (Å²) in [4.78, 5) is 33.9. The Morgan fingerprint density at radius 2 is 1.97 bits per heavy atom. The average Bonchev–Trinajstić information content (AvgIpc) is 3.61. The highest BCUT2D eigenvalue weighted by molar-refractivity contribution is 7.99. The maximum Gasteiger partial charge on any atom is 0.263 e. The van der Waals surface area contributed by atoms with Crippen molar-refractivity contribution in [2.24, 2.45) is 17.8 Å². The monoisotopic (exact) mass is 485 g/mol. The molecule has 3 fully saturated rings. The van der Waals surface area contributed by atoms with Crippen LogP contribution in [0.2, 0.25) is 0 Å². The first-order valence-electron chi connectivity index (χ1n) is 13.1. The molecular formula is C26H35N3O2S2. The van der Waals surface area contributed by atoms with Crippen molar-refractivity contribution < 1.29 is 4.79 Å². The fourth-order valence-corrected chi connectivity index (χ4v) is 9.40. The van der Waals surface area contributed by atoms with Crippen molar-refractivity contribution in [1.82, 2.24) is 14.9 Å². The third-order valence-electron chi connectivity index (χ3n) is 8.83. The van der Waals surface area contributed by atoms with Gasteiger partial charge in [0, 0.05) is 17.0 Å². The van der Waals surface area contributed by atoms with Gasteiger partial charge in [0.15, 0.2) is 5.16 Å². The van der Waals surface area contributed by atoms with Crippen LogP contribution in [0.1, 0.15) is 87.6 Å². The zero-order valence-corrected chi connectivity index (χ0v) is 21.2. The number of fused-ring (bicyclic) bond motifs is 5. The van der Waals surface area contributed by atoms with Crippen LogP contribution in [0.5, 0.6) is 0 Å². The van der Waals surface area contributed by atoms with Gasteiger partial charge in [0.25, 0.3) is 5.56 Å². The van der Waals surface area contributed by atoms with E-state index in [1.54, 1.807) is 11.3 Å². The molecule has 6 rings (SSSR count). The zero-order valence-electron chi connectivity index (χ0n) is 19.6. The summed E-state index contributed by atoms with van der Waals surface area (Å²) in [5.74, 6) is 2.75. The highest BCUT2D eigenvalue weighted by Gasteiger charge is 2.42. The number of nitrogens with zero attached hydrogens (tertiary/aromatic N) is 2. The van der Waals surface area contributed by atoms with E-state index >= 15 is 0 Å². The molecule has 4 aliphatic rings. The first-order valence-corrected chi connectivity index (χ1v) is 14.9. The Balaban J connectivity index is 1.23. The second-order valence-electron chi connectivity index (χ2n) is 10.9. The van der Waals surface area contributed by atoms with E-state index in [1.165, 1.54) is 73.6 Å². The third-order valence-corrected chi connectivity index (χ3v) is 11.0. The standard InChI is InChI=1S/C26H35N3O2S2/c1-15(20-13-16-10-11-17(20)12-16)27-22(30)14-32-26-28-24-23(19-8-4-5-9-21(19)33-24)25(31)29(26)18-6-2-3-7-18/h15-18,20H,2-14H2,1H3,(H,27,30)/t15-,16-,17-,20-/m1/s1. The molecule has 178 valence electrons. The zero-order chi connectivity index (χ0) is 22.5. The highest BCUT2D eigenvalue weighted by atomic mass is 32.2.